The normalized spacial score (nSPS) is 17.4. The van der Waals surface area contributed by atoms with Gasteiger partial charge in [-0.05, 0) is 54.8 Å². The van der Waals surface area contributed by atoms with Gasteiger partial charge in [-0.25, -0.2) is 0 Å². The number of ether oxygens (including phenoxy) is 1. The molecule has 0 saturated carbocycles. The molecule has 1 fully saturated rings. The van der Waals surface area contributed by atoms with Gasteiger partial charge in [-0.3, -0.25) is 0 Å². The van der Waals surface area contributed by atoms with Gasteiger partial charge in [-0.2, -0.15) is 0 Å². The summed E-state index contributed by atoms with van der Waals surface area (Å²) in [6, 6.07) is 28.7. The summed E-state index contributed by atoms with van der Waals surface area (Å²) in [5, 5.41) is 12.4. The van der Waals surface area contributed by atoms with Crippen LogP contribution in [0.1, 0.15) is 35.4 Å². The molecule has 0 amide bonds. The molecule has 1 aliphatic rings. The molecule has 1 aliphatic heterocycles. The van der Waals surface area contributed by atoms with E-state index in [0.717, 1.165) is 36.5 Å². The van der Waals surface area contributed by atoms with E-state index >= 15 is 0 Å². The fourth-order valence-corrected chi connectivity index (χ4v) is 4.65. The van der Waals surface area contributed by atoms with Gasteiger partial charge in [0.05, 0.1) is 7.11 Å². The molecular formula is C27H31NO2. The van der Waals surface area contributed by atoms with Gasteiger partial charge in [-0.15, -0.1) is 0 Å². The van der Waals surface area contributed by atoms with Crippen molar-refractivity contribution in [1.82, 2.24) is 4.90 Å². The monoisotopic (exact) mass is 401 g/mol. The van der Waals surface area contributed by atoms with Gasteiger partial charge in [0.25, 0.3) is 0 Å². The molecule has 156 valence electrons. The average molecular weight is 402 g/mol. The molecule has 30 heavy (non-hydrogen) atoms. The zero-order chi connectivity index (χ0) is 20.8. The fraction of sp³-hybridized carbons (Fsp3) is 0.333. The van der Waals surface area contributed by atoms with E-state index in [9.17, 15) is 5.11 Å². The first-order valence-corrected chi connectivity index (χ1v) is 10.9. The van der Waals surface area contributed by atoms with Crippen LogP contribution in [-0.4, -0.2) is 36.8 Å². The Hall–Kier alpha value is -2.62. The standard InChI is InChI=1S/C27H31NO2/c1-30-25-16-14-24(15-17-25)27(29,20-22-10-4-2-5-11-22)26(21-28-18-8-9-19-28)23-12-6-3-7-13-23/h2-7,10-17,26,29H,8-9,18-21H2,1H3/t26-,27+/m1/s1. The van der Waals surface area contributed by atoms with E-state index in [1.54, 1.807) is 7.11 Å². The van der Waals surface area contributed by atoms with Gasteiger partial charge in [0, 0.05) is 18.9 Å². The first-order chi connectivity index (χ1) is 14.7. The maximum Gasteiger partial charge on any atom is 0.118 e. The predicted molar refractivity (Wildman–Crippen MR) is 122 cm³/mol. The molecular weight excluding hydrogens is 370 g/mol. The van der Waals surface area contributed by atoms with Crippen LogP contribution in [0.3, 0.4) is 0 Å². The quantitative estimate of drug-likeness (QED) is 0.576. The van der Waals surface area contributed by atoms with Crippen molar-refractivity contribution in [3.05, 3.63) is 102 Å². The molecule has 0 bridgehead atoms. The Morgan fingerprint density at radius 1 is 0.867 bits per heavy atom. The Kier molecular flexibility index (Phi) is 6.51. The van der Waals surface area contributed by atoms with Crippen LogP contribution in [0.4, 0.5) is 0 Å². The van der Waals surface area contributed by atoms with Crippen molar-refractivity contribution in [2.45, 2.75) is 30.8 Å². The predicted octanol–water partition coefficient (Wildman–Crippen LogP) is 5.01. The molecule has 0 radical (unpaired) electrons. The Morgan fingerprint density at radius 3 is 2.07 bits per heavy atom. The molecule has 4 rings (SSSR count). The fourth-order valence-electron chi connectivity index (χ4n) is 4.65. The SMILES string of the molecule is COc1ccc([C@@](O)(Cc2ccccc2)[C@H](CN2CCCC2)c2ccccc2)cc1. The highest BCUT2D eigenvalue weighted by Crippen LogP contribution is 2.41. The second kappa shape index (κ2) is 9.46. The highest BCUT2D eigenvalue weighted by molar-refractivity contribution is 5.37. The van der Waals surface area contributed by atoms with E-state index < -0.39 is 5.60 Å². The topological polar surface area (TPSA) is 32.7 Å². The van der Waals surface area contributed by atoms with Gasteiger partial charge >= 0.3 is 0 Å². The van der Waals surface area contributed by atoms with Crippen LogP contribution in [0.15, 0.2) is 84.9 Å². The molecule has 3 aromatic carbocycles. The van der Waals surface area contributed by atoms with Crippen molar-refractivity contribution < 1.29 is 9.84 Å². The molecule has 3 aromatic rings. The van der Waals surface area contributed by atoms with Gasteiger partial charge in [0.1, 0.15) is 11.4 Å². The number of benzene rings is 3. The third-order valence-corrected chi connectivity index (χ3v) is 6.32. The zero-order valence-electron chi connectivity index (χ0n) is 17.7. The summed E-state index contributed by atoms with van der Waals surface area (Å²) in [4.78, 5) is 2.50. The van der Waals surface area contributed by atoms with E-state index in [1.807, 2.05) is 48.5 Å². The third kappa shape index (κ3) is 4.58. The molecule has 1 saturated heterocycles. The van der Waals surface area contributed by atoms with Crippen LogP contribution in [0.2, 0.25) is 0 Å². The summed E-state index contributed by atoms with van der Waals surface area (Å²) < 4.78 is 5.36. The number of nitrogens with zero attached hydrogens (tertiary/aromatic N) is 1. The van der Waals surface area contributed by atoms with Gasteiger partial charge in [0.15, 0.2) is 0 Å². The van der Waals surface area contributed by atoms with Crippen LogP contribution < -0.4 is 4.74 Å². The Balaban J connectivity index is 1.78. The largest absolute Gasteiger partial charge is 0.497 e. The zero-order valence-corrected chi connectivity index (χ0v) is 17.7. The van der Waals surface area contributed by atoms with Crippen LogP contribution in [-0.2, 0) is 12.0 Å². The lowest BCUT2D eigenvalue weighted by atomic mass is 9.73. The minimum absolute atomic E-state index is 0.0367. The highest BCUT2D eigenvalue weighted by atomic mass is 16.5. The molecule has 1 N–H and O–H groups in total. The number of hydrogen-bond acceptors (Lipinski definition) is 3. The van der Waals surface area contributed by atoms with Gasteiger partial charge in [0.2, 0.25) is 0 Å². The summed E-state index contributed by atoms with van der Waals surface area (Å²) >= 11 is 0. The van der Waals surface area contributed by atoms with Crippen molar-refractivity contribution in [2.75, 3.05) is 26.7 Å². The second-order valence-corrected chi connectivity index (χ2v) is 8.29. The van der Waals surface area contributed by atoms with Crippen molar-refractivity contribution in [3.63, 3.8) is 0 Å². The lowest BCUT2D eigenvalue weighted by Crippen LogP contribution is -2.42. The second-order valence-electron chi connectivity index (χ2n) is 8.29. The summed E-state index contributed by atoms with van der Waals surface area (Å²) in [5.41, 5.74) is 2.22. The van der Waals surface area contributed by atoms with E-state index in [2.05, 4.69) is 41.3 Å². The number of aliphatic hydroxyl groups is 1. The smallest absolute Gasteiger partial charge is 0.118 e. The maximum absolute atomic E-state index is 12.4. The first-order valence-electron chi connectivity index (χ1n) is 10.9. The van der Waals surface area contributed by atoms with Crippen LogP contribution >= 0.6 is 0 Å². The maximum atomic E-state index is 12.4. The van der Waals surface area contributed by atoms with Crippen LogP contribution in [0, 0.1) is 0 Å². The Bertz CT molecular complexity index is 905. The molecule has 2 atom stereocenters. The number of rotatable bonds is 8. The number of hydrogen-bond donors (Lipinski definition) is 1. The number of likely N-dealkylation sites (tertiary alicyclic amines) is 1. The molecule has 0 aliphatic carbocycles. The lowest BCUT2D eigenvalue weighted by molar-refractivity contribution is -0.00292. The van der Waals surface area contributed by atoms with E-state index in [1.165, 1.54) is 18.4 Å². The molecule has 3 nitrogen and oxygen atoms in total. The van der Waals surface area contributed by atoms with Crippen LogP contribution in [0.25, 0.3) is 0 Å². The first kappa shape index (κ1) is 20.6. The third-order valence-electron chi connectivity index (χ3n) is 6.32. The minimum Gasteiger partial charge on any atom is -0.497 e. The van der Waals surface area contributed by atoms with Crippen molar-refractivity contribution in [3.8, 4) is 5.75 Å². The van der Waals surface area contributed by atoms with E-state index in [4.69, 9.17) is 4.74 Å². The summed E-state index contributed by atoms with van der Waals surface area (Å²) in [5.74, 6) is 0.766. The van der Waals surface area contributed by atoms with Crippen molar-refractivity contribution in [2.24, 2.45) is 0 Å². The molecule has 0 aromatic heterocycles. The molecule has 0 spiro atoms. The van der Waals surface area contributed by atoms with E-state index in [-0.39, 0.29) is 5.92 Å². The van der Waals surface area contributed by atoms with E-state index in [0.29, 0.717) is 6.42 Å². The summed E-state index contributed by atoms with van der Waals surface area (Å²) in [7, 11) is 1.67. The van der Waals surface area contributed by atoms with Gasteiger partial charge in [-0.1, -0.05) is 72.8 Å². The Morgan fingerprint density at radius 2 is 1.47 bits per heavy atom. The average Bonchev–Trinajstić information content (AvgIpc) is 3.32. The highest BCUT2D eigenvalue weighted by Gasteiger charge is 2.40. The van der Waals surface area contributed by atoms with Crippen LogP contribution in [0.5, 0.6) is 5.75 Å². The van der Waals surface area contributed by atoms with Crippen molar-refractivity contribution >= 4 is 0 Å². The summed E-state index contributed by atoms with van der Waals surface area (Å²) in [6.45, 7) is 3.06. The molecule has 0 unspecified atom stereocenters. The van der Waals surface area contributed by atoms with Gasteiger partial charge < -0.3 is 14.7 Å². The Labute approximate surface area is 179 Å². The lowest BCUT2D eigenvalue weighted by Gasteiger charge is -2.39. The molecule has 3 heteroatoms. The number of methoxy groups -OCH3 is 1. The molecule has 1 heterocycles. The van der Waals surface area contributed by atoms with Crippen molar-refractivity contribution in [1.29, 1.82) is 0 Å². The minimum atomic E-state index is -1.03. The summed E-state index contributed by atoms with van der Waals surface area (Å²) in [6.07, 6.45) is 3.04.